The van der Waals surface area contributed by atoms with Gasteiger partial charge in [0.2, 0.25) is 0 Å². The van der Waals surface area contributed by atoms with E-state index in [0.29, 0.717) is 5.82 Å². The number of anilines is 1. The van der Waals surface area contributed by atoms with Crippen LogP contribution in [-0.2, 0) is 0 Å². The lowest BCUT2D eigenvalue weighted by molar-refractivity contribution is 0.0696. The van der Waals surface area contributed by atoms with E-state index in [4.69, 9.17) is 5.11 Å². The van der Waals surface area contributed by atoms with E-state index in [1.807, 2.05) is 13.8 Å². The first-order chi connectivity index (χ1) is 8.75. The molecule has 19 heavy (non-hydrogen) atoms. The number of carboxylic acids is 1. The van der Waals surface area contributed by atoms with Crippen molar-refractivity contribution < 1.29 is 9.90 Å². The summed E-state index contributed by atoms with van der Waals surface area (Å²) in [5.41, 5.74) is 0.996. The molecule has 0 fully saturated rings. The molecule has 0 atom stereocenters. The Morgan fingerprint density at radius 1 is 1.42 bits per heavy atom. The summed E-state index contributed by atoms with van der Waals surface area (Å²) in [5.74, 6) is -0.0724. The highest BCUT2D eigenvalue weighted by molar-refractivity contribution is 5.88. The minimum Gasteiger partial charge on any atom is -0.478 e. The number of carboxylic acid groups (broad SMARTS) is 1. The lowest BCUT2D eigenvalue weighted by atomic mass is 9.98. The van der Waals surface area contributed by atoms with Crippen molar-refractivity contribution in [1.29, 1.82) is 0 Å². The minimum absolute atomic E-state index is 0.0902. The van der Waals surface area contributed by atoms with Crippen molar-refractivity contribution >= 4 is 11.8 Å². The van der Waals surface area contributed by atoms with E-state index in [9.17, 15) is 4.79 Å². The number of aromatic carboxylic acids is 1. The van der Waals surface area contributed by atoms with Gasteiger partial charge >= 0.3 is 5.97 Å². The zero-order valence-corrected chi connectivity index (χ0v) is 12.4. The Balaban J connectivity index is 3.09. The van der Waals surface area contributed by atoms with Crippen molar-refractivity contribution in [3.05, 3.63) is 23.4 Å². The molecule has 0 aromatic carbocycles. The first-order valence-electron chi connectivity index (χ1n) is 6.78. The maximum atomic E-state index is 11.2. The van der Waals surface area contributed by atoms with Gasteiger partial charge in [0.1, 0.15) is 5.82 Å². The lowest BCUT2D eigenvalue weighted by Crippen LogP contribution is -2.31. The lowest BCUT2D eigenvalue weighted by Gasteiger charge is -2.27. The molecule has 0 spiro atoms. The maximum absolute atomic E-state index is 11.2. The van der Waals surface area contributed by atoms with E-state index in [2.05, 4.69) is 31.1 Å². The first kappa shape index (κ1) is 15.5. The van der Waals surface area contributed by atoms with Crippen molar-refractivity contribution in [2.45, 2.75) is 58.9 Å². The smallest absolute Gasteiger partial charge is 0.335 e. The van der Waals surface area contributed by atoms with E-state index in [1.54, 1.807) is 12.1 Å². The number of hydrogen-bond donors (Lipinski definition) is 2. The third-order valence-electron chi connectivity index (χ3n) is 3.03. The number of hydrogen-bond acceptors (Lipinski definition) is 3. The van der Waals surface area contributed by atoms with Crippen LogP contribution in [-0.4, -0.2) is 21.6 Å². The van der Waals surface area contributed by atoms with Crippen LogP contribution in [0.1, 0.15) is 69.4 Å². The molecule has 0 unspecified atom stereocenters. The summed E-state index contributed by atoms with van der Waals surface area (Å²) in [6.07, 6.45) is 2.07. The fourth-order valence-corrected chi connectivity index (χ4v) is 2.07. The van der Waals surface area contributed by atoms with Gasteiger partial charge in [0.15, 0.2) is 0 Å². The second-order valence-electron chi connectivity index (χ2n) is 5.88. The van der Waals surface area contributed by atoms with Crippen LogP contribution in [0.2, 0.25) is 0 Å². The van der Waals surface area contributed by atoms with E-state index in [-0.39, 0.29) is 17.0 Å². The topological polar surface area (TPSA) is 62.2 Å². The zero-order chi connectivity index (χ0) is 14.6. The summed E-state index contributed by atoms with van der Waals surface area (Å²) in [6, 6.07) is 3.25. The fourth-order valence-electron chi connectivity index (χ4n) is 2.07. The minimum atomic E-state index is -0.916. The molecule has 1 heterocycles. The van der Waals surface area contributed by atoms with Gasteiger partial charge in [0, 0.05) is 11.2 Å². The molecular formula is C15H24N2O2. The highest BCUT2D eigenvalue weighted by Gasteiger charge is 2.18. The Bertz CT molecular complexity index is 453. The normalized spacial score (nSPS) is 11.7. The molecule has 106 valence electrons. The number of aromatic nitrogens is 1. The Morgan fingerprint density at radius 2 is 2.05 bits per heavy atom. The molecule has 0 aliphatic rings. The molecule has 0 aliphatic heterocycles. The van der Waals surface area contributed by atoms with Crippen molar-refractivity contribution in [2.24, 2.45) is 0 Å². The fraction of sp³-hybridized carbons (Fsp3) is 0.600. The van der Waals surface area contributed by atoms with E-state index in [1.165, 1.54) is 0 Å². The monoisotopic (exact) mass is 264 g/mol. The Labute approximate surface area is 115 Å². The summed E-state index contributed by atoms with van der Waals surface area (Å²) >= 11 is 0. The molecule has 1 rings (SSSR count). The highest BCUT2D eigenvalue weighted by Crippen LogP contribution is 2.22. The van der Waals surface area contributed by atoms with Crippen LogP contribution in [0.25, 0.3) is 0 Å². The van der Waals surface area contributed by atoms with Crippen LogP contribution in [0.3, 0.4) is 0 Å². The molecule has 0 bridgehead atoms. The van der Waals surface area contributed by atoms with Crippen molar-refractivity contribution in [3.8, 4) is 0 Å². The molecule has 1 aromatic rings. The number of carbonyl (C=O) groups is 1. The van der Waals surface area contributed by atoms with Crippen molar-refractivity contribution in [2.75, 3.05) is 5.32 Å². The Kier molecular flexibility index (Phi) is 4.92. The van der Waals surface area contributed by atoms with E-state index in [0.717, 1.165) is 18.5 Å². The van der Waals surface area contributed by atoms with Gasteiger partial charge in [-0.1, -0.05) is 27.2 Å². The second kappa shape index (κ2) is 6.04. The molecule has 0 radical (unpaired) electrons. The summed E-state index contributed by atoms with van der Waals surface area (Å²) in [6.45, 7) is 10.3. The van der Waals surface area contributed by atoms with Crippen LogP contribution >= 0.6 is 0 Å². The standard InChI is InChI=1S/C15H24N2O2/c1-6-7-15(4,5)17-13-9-11(14(18)19)8-12(16-13)10(2)3/h8-10H,6-7H2,1-5H3,(H,16,17)(H,18,19). The van der Waals surface area contributed by atoms with Gasteiger partial charge in [-0.2, -0.15) is 0 Å². The summed E-state index contributed by atoms with van der Waals surface area (Å²) < 4.78 is 0. The average Bonchev–Trinajstić information content (AvgIpc) is 2.27. The average molecular weight is 264 g/mol. The van der Waals surface area contributed by atoms with Gasteiger partial charge in [-0.25, -0.2) is 9.78 Å². The van der Waals surface area contributed by atoms with Gasteiger partial charge in [-0.3, -0.25) is 0 Å². The first-order valence-corrected chi connectivity index (χ1v) is 6.78. The molecular weight excluding hydrogens is 240 g/mol. The molecule has 0 saturated heterocycles. The SMILES string of the molecule is CCCC(C)(C)Nc1cc(C(=O)O)cc(C(C)C)n1. The molecule has 0 saturated carbocycles. The quantitative estimate of drug-likeness (QED) is 0.818. The second-order valence-corrected chi connectivity index (χ2v) is 5.88. The van der Waals surface area contributed by atoms with Gasteiger partial charge < -0.3 is 10.4 Å². The van der Waals surface area contributed by atoms with Gasteiger partial charge in [0.05, 0.1) is 5.56 Å². The summed E-state index contributed by atoms with van der Waals surface area (Å²) in [4.78, 5) is 15.7. The third kappa shape index (κ3) is 4.54. The predicted molar refractivity (Wildman–Crippen MR) is 77.9 cm³/mol. The molecule has 0 amide bonds. The third-order valence-corrected chi connectivity index (χ3v) is 3.03. The zero-order valence-electron chi connectivity index (χ0n) is 12.4. The van der Waals surface area contributed by atoms with Crippen molar-refractivity contribution in [1.82, 2.24) is 4.98 Å². The largest absolute Gasteiger partial charge is 0.478 e. The van der Waals surface area contributed by atoms with Crippen molar-refractivity contribution in [3.63, 3.8) is 0 Å². The molecule has 4 heteroatoms. The van der Waals surface area contributed by atoms with Crippen LogP contribution in [0.5, 0.6) is 0 Å². The highest BCUT2D eigenvalue weighted by atomic mass is 16.4. The molecule has 1 aromatic heterocycles. The predicted octanol–water partition coefficient (Wildman–Crippen LogP) is 3.89. The molecule has 2 N–H and O–H groups in total. The summed E-state index contributed by atoms with van der Waals surface area (Å²) in [5, 5.41) is 12.5. The van der Waals surface area contributed by atoms with Gasteiger partial charge in [-0.15, -0.1) is 0 Å². The van der Waals surface area contributed by atoms with Gasteiger partial charge in [-0.05, 0) is 38.3 Å². The maximum Gasteiger partial charge on any atom is 0.335 e. The Morgan fingerprint density at radius 3 is 2.53 bits per heavy atom. The molecule has 0 aliphatic carbocycles. The van der Waals surface area contributed by atoms with Crippen LogP contribution < -0.4 is 5.32 Å². The summed E-state index contributed by atoms with van der Waals surface area (Å²) in [7, 11) is 0. The number of nitrogens with zero attached hydrogens (tertiary/aromatic N) is 1. The van der Waals surface area contributed by atoms with Crippen LogP contribution in [0, 0.1) is 0 Å². The van der Waals surface area contributed by atoms with E-state index < -0.39 is 5.97 Å². The number of nitrogens with one attached hydrogen (secondary N) is 1. The number of pyridine rings is 1. The van der Waals surface area contributed by atoms with Crippen LogP contribution in [0.15, 0.2) is 12.1 Å². The van der Waals surface area contributed by atoms with Gasteiger partial charge in [0.25, 0.3) is 0 Å². The number of rotatable bonds is 6. The molecule has 4 nitrogen and oxygen atoms in total. The van der Waals surface area contributed by atoms with E-state index >= 15 is 0 Å². The van der Waals surface area contributed by atoms with Crippen LogP contribution in [0.4, 0.5) is 5.82 Å². The Hall–Kier alpha value is -1.58.